The second-order valence-corrected chi connectivity index (χ2v) is 12.5. The van der Waals surface area contributed by atoms with Crippen molar-refractivity contribution in [2.24, 2.45) is 17.3 Å². The first-order valence-electron chi connectivity index (χ1n) is 13.4. The summed E-state index contributed by atoms with van der Waals surface area (Å²) in [6, 6.07) is 0.434. The third kappa shape index (κ3) is 7.26. The van der Waals surface area contributed by atoms with Crippen LogP contribution in [0.4, 0.5) is 0 Å². The molecule has 3 heterocycles. The van der Waals surface area contributed by atoms with Crippen LogP contribution < -0.4 is 0 Å². The number of aliphatic hydroxyl groups excluding tert-OH is 3. The molecule has 4 unspecified atom stereocenters. The van der Waals surface area contributed by atoms with Gasteiger partial charge in [-0.15, -0.1) is 11.3 Å². The Labute approximate surface area is 224 Å². The summed E-state index contributed by atoms with van der Waals surface area (Å²) in [6.07, 6.45) is 2.19. The SMILES string of the molecule is C/C(=C\c1csc(C)n1)[C@@H]1CC2[C@@H](CCCC(C)[C@H](O)C(C)C(=O)C(C)(C)C(O)CC(=O)O1)[N@@]2CCO. The standard InChI is InChI=1S/C28H44N2O6S/c1-16-8-7-9-21-22(30(21)10-11-31)13-23(17(2)12-20-15-37-19(4)29-20)36-25(33)14-24(32)28(5,6)27(35)18(3)26(16)34/h12,15-16,18,21-24,26,31-32,34H,7-11,13-14H2,1-6H3/b17-12+/t16?,18?,21-,22?,23+,24?,26+,30-/m1/s1. The lowest BCUT2D eigenvalue weighted by Gasteiger charge is -2.34. The van der Waals surface area contributed by atoms with Crippen molar-refractivity contribution >= 4 is 29.2 Å². The highest BCUT2D eigenvalue weighted by Crippen LogP contribution is 2.39. The van der Waals surface area contributed by atoms with Gasteiger partial charge in [-0.05, 0) is 44.3 Å². The van der Waals surface area contributed by atoms with Crippen LogP contribution >= 0.6 is 11.3 Å². The highest BCUT2D eigenvalue weighted by molar-refractivity contribution is 7.09. The van der Waals surface area contributed by atoms with Crippen LogP contribution in [0.2, 0.25) is 0 Å². The number of carbonyl (C=O) groups excluding carboxylic acids is 2. The van der Waals surface area contributed by atoms with E-state index in [1.807, 2.05) is 32.2 Å². The van der Waals surface area contributed by atoms with Crippen LogP contribution in [0.3, 0.4) is 0 Å². The van der Waals surface area contributed by atoms with Gasteiger partial charge in [-0.1, -0.05) is 34.1 Å². The maximum absolute atomic E-state index is 13.3. The maximum Gasteiger partial charge on any atom is 0.309 e. The van der Waals surface area contributed by atoms with E-state index >= 15 is 0 Å². The Kier molecular flexibility index (Phi) is 10.1. The summed E-state index contributed by atoms with van der Waals surface area (Å²) in [4.78, 5) is 33.1. The van der Waals surface area contributed by atoms with E-state index in [1.54, 1.807) is 32.1 Å². The number of β-amino-alcohol motifs (C(OH)–C–C–N with tert-alkyl or cyclic N) is 1. The first-order chi connectivity index (χ1) is 17.4. The molecule has 8 nitrogen and oxygen atoms in total. The van der Waals surface area contributed by atoms with Crippen molar-refractivity contribution in [3.8, 4) is 0 Å². The molecule has 2 saturated heterocycles. The quantitative estimate of drug-likeness (QED) is 0.396. The lowest BCUT2D eigenvalue weighted by Crippen LogP contribution is -2.45. The number of aliphatic hydroxyl groups is 3. The number of fused-ring (bicyclic) bond motifs is 1. The molecule has 0 amide bonds. The Balaban J connectivity index is 1.88. The van der Waals surface area contributed by atoms with E-state index in [9.17, 15) is 24.9 Å². The maximum atomic E-state index is 13.3. The fourth-order valence-corrected chi connectivity index (χ4v) is 6.22. The molecule has 2 fully saturated rings. The number of cyclic esters (lactones) is 1. The minimum absolute atomic E-state index is 0.0559. The molecule has 0 saturated carbocycles. The summed E-state index contributed by atoms with van der Waals surface area (Å²) in [5.41, 5.74) is 0.467. The van der Waals surface area contributed by atoms with Crippen molar-refractivity contribution < 1.29 is 29.6 Å². The van der Waals surface area contributed by atoms with E-state index in [2.05, 4.69) is 9.88 Å². The molecule has 0 radical (unpaired) electrons. The number of aryl methyl sites for hydroxylation is 1. The predicted molar refractivity (Wildman–Crippen MR) is 144 cm³/mol. The average molecular weight is 537 g/mol. The van der Waals surface area contributed by atoms with Crippen LogP contribution in [0, 0.1) is 24.2 Å². The van der Waals surface area contributed by atoms with Crippen LogP contribution in [0.25, 0.3) is 6.08 Å². The number of esters is 1. The molecular formula is C28H44N2O6S. The number of nitrogens with zero attached hydrogens (tertiary/aromatic N) is 2. The number of aromatic nitrogens is 1. The van der Waals surface area contributed by atoms with Gasteiger partial charge in [-0.25, -0.2) is 4.98 Å². The van der Waals surface area contributed by atoms with Crippen LogP contribution in [0.1, 0.15) is 77.4 Å². The molecule has 8 atom stereocenters. The second kappa shape index (κ2) is 12.5. The third-order valence-electron chi connectivity index (χ3n) is 8.31. The summed E-state index contributed by atoms with van der Waals surface area (Å²) in [5, 5.41) is 34.3. The molecule has 1 aromatic rings. The van der Waals surface area contributed by atoms with Crippen molar-refractivity contribution in [1.29, 1.82) is 0 Å². The molecular weight excluding hydrogens is 492 g/mol. The zero-order valence-corrected chi connectivity index (χ0v) is 23.8. The van der Waals surface area contributed by atoms with E-state index in [0.717, 1.165) is 35.5 Å². The topological polar surface area (TPSA) is 120 Å². The number of thiazole rings is 1. The summed E-state index contributed by atoms with van der Waals surface area (Å²) in [7, 11) is 0. The van der Waals surface area contributed by atoms with Gasteiger partial charge in [-0.2, -0.15) is 0 Å². The van der Waals surface area contributed by atoms with Gasteiger partial charge in [0.1, 0.15) is 11.9 Å². The van der Waals surface area contributed by atoms with Crippen LogP contribution in [0.15, 0.2) is 11.0 Å². The van der Waals surface area contributed by atoms with Crippen LogP contribution in [-0.4, -0.2) is 80.5 Å². The van der Waals surface area contributed by atoms with Gasteiger partial charge in [-0.3, -0.25) is 14.5 Å². The minimum Gasteiger partial charge on any atom is -0.458 e. The van der Waals surface area contributed by atoms with Crippen molar-refractivity contribution in [2.45, 2.75) is 104 Å². The Bertz CT molecular complexity index is 976. The van der Waals surface area contributed by atoms with E-state index in [1.165, 1.54) is 0 Å². The zero-order valence-electron chi connectivity index (χ0n) is 23.0. The normalized spacial score (nSPS) is 36.1. The minimum atomic E-state index is -1.24. The number of hydrogen-bond donors (Lipinski definition) is 3. The molecule has 9 heteroatoms. The van der Waals surface area contributed by atoms with Gasteiger partial charge in [0, 0.05) is 36.3 Å². The van der Waals surface area contributed by atoms with Crippen molar-refractivity contribution in [3.63, 3.8) is 0 Å². The number of carbonyl (C=O) groups is 2. The monoisotopic (exact) mass is 536 g/mol. The van der Waals surface area contributed by atoms with Crippen molar-refractivity contribution in [3.05, 3.63) is 21.7 Å². The molecule has 0 bridgehead atoms. The largest absolute Gasteiger partial charge is 0.458 e. The van der Waals surface area contributed by atoms with Crippen LogP contribution in [0.5, 0.6) is 0 Å². The van der Waals surface area contributed by atoms with Gasteiger partial charge < -0.3 is 20.1 Å². The third-order valence-corrected chi connectivity index (χ3v) is 9.10. The van der Waals surface area contributed by atoms with Gasteiger partial charge in [0.15, 0.2) is 0 Å². The number of ether oxygens (including phenoxy) is 1. The van der Waals surface area contributed by atoms with Gasteiger partial charge in [0.2, 0.25) is 0 Å². The Morgan fingerprint density at radius 2 is 1.95 bits per heavy atom. The zero-order chi connectivity index (χ0) is 27.5. The van der Waals surface area contributed by atoms with E-state index in [4.69, 9.17) is 4.74 Å². The smallest absolute Gasteiger partial charge is 0.309 e. The lowest BCUT2D eigenvalue weighted by atomic mass is 9.73. The van der Waals surface area contributed by atoms with Crippen LogP contribution in [-0.2, 0) is 14.3 Å². The fraction of sp³-hybridized carbons (Fsp3) is 0.750. The van der Waals surface area contributed by atoms with E-state index < -0.39 is 35.6 Å². The van der Waals surface area contributed by atoms with E-state index in [0.29, 0.717) is 13.0 Å². The first kappa shape index (κ1) is 29.9. The summed E-state index contributed by atoms with van der Waals surface area (Å²) in [5.74, 6) is -1.57. The average Bonchev–Trinajstić information content (AvgIpc) is 3.29. The molecule has 0 aromatic carbocycles. The molecule has 2 aliphatic rings. The first-order valence-corrected chi connectivity index (χ1v) is 14.3. The summed E-state index contributed by atoms with van der Waals surface area (Å²) < 4.78 is 5.94. The lowest BCUT2D eigenvalue weighted by molar-refractivity contribution is -0.154. The highest BCUT2D eigenvalue weighted by Gasteiger charge is 2.48. The van der Waals surface area contributed by atoms with Gasteiger partial charge >= 0.3 is 5.97 Å². The van der Waals surface area contributed by atoms with Gasteiger partial charge in [0.25, 0.3) is 0 Å². The number of ketones is 1. The fourth-order valence-electron chi connectivity index (χ4n) is 5.65. The molecule has 2 aliphatic heterocycles. The Morgan fingerprint density at radius 1 is 1.24 bits per heavy atom. The number of Topliss-reactive ketones (excluding diaryl/α,β-unsaturated/α-hetero) is 1. The molecule has 0 aliphatic carbocycles. The summed E-state index contributed by atoms with van der Waals surface area (Å²) >= 11 is 1.55. The summed E-state index contributed by atoms with van der Waals surface area (Å²) in [6.45, 7) is 11.4. The van der Waals surface area contributed by atoms with Crippen molar-refractivity contribution in [1.82, 2.24) is 9.88 Å². The second-order valence-electron chi connectivity index (χ2n) is 11.5. The molecule has 3 N–H and O–H groups in total. The molecule has 0 spiro atoms. The molecule has 1 aromatic heterocycles. The Hall–Kier alpha value is -1.65. The van der Waals surface area contributed by atoms with E-state index in [-0.39, 0.29) is 36.8 Å². The van der Waals surface area contributed by atoms with Gasteiger partial charge in [0.05, 0.1) is 41.4 Å². The number of hydrogen-bond acceptors (Lipinski definition) is 9. The molecule has 37 heavy (non-hydrogen) atoms. The highest BCUT2D eigenvalue weighted by atomic mass is 32.1. The van der Waals surface area contributed by atoms with Crippen molar-refractivity contribution in [2.75, 3.05) is 13.2 Å². The predicted octanol–water partition coefficient (Wildman–Crippen LogP) is 3.37. The Morgan fingerprint density at radius 3 is 2.57 bits per heavy atom. The number of rotatable bonds is 4. The molecule has 208 valence electrons. The molecule has 3 rings (SSSR count).